The number of hydrogen-bond acceptors (Lipinski definition) is 5. The normalized spacial score (nSPS) is 17.9. The summed E-state index contributed by atoms with van der Waals surface area (Å²) >= 11 is 0. The summed E-state index contributed by atoms with van der Waals surface area (Å²) in [5, 5.41) is 0. The Morgan fingerprint density at radius 3 is 2.61 bits per heavy atom. The van der Waals surface area contributed by atoms with Gasteiger partial charge in [-0.3, -0.25) is 14.6 Å². The van der Waals surface area contributed by atoms with Gasteiger partial charge in [-0.25, -0.2) is 4.98 Å². The molecule has 1 aromatic heterocycles. The van der Waals surface area contributed by atoms with Crippen LogP contribution in [-0.4, -0.2) is 70.5 Å². The molecule has 2 fully saturated rings. The van der Waals surface area contributed by atoms with Crippen LogP contribution < -0.4 is 0 Å². The number of ether oxygens (including phenoxy) is 1. The maximum Gasteiger partial charge on any atom is 0.274 e. The highest BCUT2D eigenvalue weighted by atomic mass is 16.5. The predicted molar refractivity (Wildman–Crippen MR) is 82.8 cm³/mol. The third kappa shape index (κ3) is 4.04. The molecule has 1 aliphatic carbocycles. The third-order valence-electron chi connectivity index (χ3n) is 4.18. The van der Waals surface area contributed by atoms with Gasteiger partial charge in [0.15, 0.2) is 0 Å². The Morgan fingerprint density at radius 2 is 2.00 bits per heavy atom. The molecule has 0 radical (unpaired) electrons. The number of morpholine rings is 1. The lowest BCUT2D eigenvalue weighted by Gasteiger charge is -2.28. The van der Waals surface area contributed by atoms with Gasteiger partial charge in [0, 0.05) is 38.3 Å². The average Bonchev–Trinajstić information content (AvgIpc) is 3.41. The molecule has 0 spiro atoms. The van der Waals surface area contributed by atoms with Crippen molar-refractivity contribution in [2.24, 2.45) is 0 Å². The van der Waals surface area contributed by atoms with Crippen LogP contribution in [0.5, 0.6) is 0 Å². The predicted octanol–water partition coefficient (Wildman–Crippen LogP) is 0.639. The van der Waals surface area contributed by atoms with Crippen molar-refractivity contribution in [3.05, 3.63) is 23.8 Å². The van der Waals surface area contributed by atoms with Gasteiger partial charge in [-0.1, -0.05) is 0 Å². The fourth-order valence-corrected chi connectivity index (χ4v) is 2.67. The van der Waals surface area contributed by atoms with E-state index in [0.717, 1.165) is 18.5 Å². The molecule has 2 amide bonds. The first-order valence-corrected chi connectivity index (χ1v) is 8.10. The van der Waals surface area contributed by atoms with Crippen molar-refractivity contribution in [3.8, 4) is 0 Å². The minimum Gasteiger partial charge on any atom is -0.378 e. The summed E-state index contributed by atoms with van der Waals surface area (Å²) in [7, 11) is 0. The van der Waals surface area contributed by atoms with Crippen LogP contribution in [0.2, 0.25) is 0 Å². The zero-order valence-electron chi connectivity index (χ0n) is 13.4. The van der Waals surface area contributed by atoms with Crippen molar-refractivity contribution in [1.82, 2.24) is 19.8 Å². The number of hydrogen-bond donors (Lipinski definition) is 0. The molecule has 7 heteroatoms. The number of carbonyl (C=O) groups excluding carboxylic acids is 2. The highest BCUT2D eigenvalue weighted by Crippen LogP contribution is 2.28. The Hall–Kier alpha value is -2.02. The van der Waals surface area contributed by atoms with E-state index in [4.69, 9.17) is 4.74 Å². The summed E-state index contributed by atoms with van der Waals surface area (Å²) in [5.41, 5.74) is 1.13. The molecule has 2 aliphatic rings. The standard InChI is InChI=1S/C16H22N4O3/c1-12-10-18-14(11-17-12)16(22)20(13-2-3-13)5-4-15(21)19-6-8-23-9-7-19/h10-11,13H,2-9H2,1H3. The van der Waals surface area contributed by atoms with Gasteiger partial charge in [0.05, 0.1) is 25.1 Å². The zero-order valence-corrected chi connectivity index (χ0v) is 13.4. The molecule has 1 aliphatic heterocycles. The van der Waals surface area contributed by atoms with Gasteiger partial charge in [-0.05, 0) is 19.8 Å². The summed E-state index contributed by atoms with van der Waals surface area (Å²) in [6.45, 7) is 4.74. The Bertz CT molecular complexity index is 565. The van der Waals surface area contributed by atoms with E-state index in [9.17, 15) is 9.59 Å². The molecule has 1 saturated heterocycles. The second kappa shape index (κ2) is 7.04. The molecule has 0 aromatic carbocycles. The quantitative estimate of drug-likeness (QED) is 0.796. The van der Waals surface area contributed by atoms with Crippen molar-refractivity contribution < 1.29 is 14.3 Å². The first kappa shape index (κ1) is 15.9. The van der Waals surface area contributed by atoms with Crippen molar-refractivity contribution in [2.45, 2.75) is 32.2 Å². The lowest BCUT2D eigenvalue weighted by Crippen LogP contribution is -2.43. The molecule has 23 heavy (non-hydrogen) atoms. The van der Waals surface area contributed by atoms with Crippen molar-refractivity contribution in [1.29, 1.82) is 0 Å². The molecule has 2 heterocycles. The van der Waals surface area contributed by atoms with Crippen LogP contribution in [0.25, 0.3) is 0 Å². The van der Waals surface area contributed by atoms with Crippen LogP contribution in [-0.2, 0) is 9.53 Å². The van der Waals surface area contributed by atoms with Gasteiger partial charge >= 0.3 is 0 Å². The van der Waals surface area contributed by atoms with Crippen LogP contribution in [0.1, 0.15) is 35.4 Å². The van der Waals surface area contributed by atoms with E-state index < -0.39 is 0 Å². The van der Waals surface area contributed by atoms with E-state index in [1.165, 1.54) is 6.20 Å². The summed E-state index contributed by atoms with van der Waals surface area (Å²) in [5.74, 6) is -0.0449. The molecule has 1 saturated carbocycles. The van der Waals surface area contributed by atoms with Gasteiger partial charge in [0.25, 0.3) is 5.91 Å². The second-order valence-corrected chi connectivity index (χ2v) is 6.02. The summed E-state index contributed by atoms with van der Waals surface area (Å²) in [6, 6.07) is 0.239. The van der Waals surface area contributed by atoms with Gasteiger partial charge < -0.3 is 14.5 Å². The third-order valence-corrected chi connectivity index (χ3v) is 4.18. The minimum absolute atomic E-state index is 0.0849. The van der Waals surface area contributed by atoms with E-state index in [1.807, 2.05) is 11.8 Å². The molecule has 0 unspecified atom stereocenters. The van der Waals surface area contributed by atoms with E-state index in [-0.39, 0.29) is 17.9 Å². The van der Waals surface area contributed by atoms with E-state index >= 15 is 0 Å². The molecule has 0 N–H and O–H groups in total. The van der Waals surface area contributed by atoms with Gasteiger partial charge in [-0.2, -0.15) is 0 Å². The van der Waals surface area contributed by atoms with E-state index in [1.54, 1.807) is 11.1 Å². The number of amides is 2. The number of aryl methyl sites for hydroxylation is 1. The Kier molecular flexibility index (Phi) is 4.85. The first-order valence-electron chi connectivity index (χ1n) is 8.10. The molecule has 124 valence electrons. The fourth-order valence-electron chi connectivity index (χ4n) is 2.67. The minimum atomic E-state index is -0.130. The number of aromatic nitrogens is 2. The van der Waals surface area contributed by atoms with Crippen molar-refractivity contribution >= 4 is 11.8 Å². The number of rotatable bonds is 5. The molecule has 3 rings (SSSR count). The zero-order chi connectivity index (χ0) is 16.2. The maximum absolute atomic E-state index is 12.6. The number of carbonyl (C=O) groups is 2. The summed E-state index contributed by atoms with van der Waals surface area (Å²) < 4.78 is 5.26. The Balaban J connectivity index is 1.59. The van der Waals surface area contributed by atoms with Crippen LogP contribution in [0.4, 0.5) is 0 Å². The van der Waals surface area contributed by atoms with Crippen LogP contribution in [0.15, 0.2) is 12.4 Å². The molecule has 0 atom stereocenters. The van der Waals surface area contributed by atoms with E-state index in [0.29, 0.717) is 45.0 Å². The average molecular weight is 318 g/mol. The van der Waals surface area contributed by atoms with Crippen molar-refractivity contribution in [3.63, 3.8) is 0 Å². The smallest absolute Gasteiger partial charge is 0.274 e. The van der Waals surface area contributed by atoms with E-state index in [2.05, 4.69) is 9.97 Å². The van der Waals surface area contributed by atoms with Crippen LogP contribution in [0, 0.1) is 6.92 Å². The first-order chi connectivity index (χ1) is 11.1. The molecule has 0 bridgehead atoms. The van der Waals surface area contributed by atoms with Crippen LogP contribution in [0.3, 0.4) is 0 Å². The van der Waals surface area contributed by atoms with Crippen LogP contribution >= 0.6 is 0 Å². The highest BCUT2D eigenvalue weighted by molar-refractivity contribution is 5.92. The fraction of sp³-hybridized carbons (Fsp3) is 0.625. The monoisotopic (exact) mass is 318 g/mol. The number of nitrogens with zero attached hydrogens (tertiary/aromatic N) is 4. The lowest BCUT2D eigenvalue weighted by molar-refractivity contribution is -0.135. The molecule has 7 nitrogen and oxygen atoms in total. The maximum atomic E-state index is 12.6. The SMILES string of the molecule is Cc1cnc(C(=O)N(CCC(=O)N2CCOCC2)C2CC2)cn1. The summed E-state index contributed by atoms with van der Waals surface area (Å²) in [4.78, 5) is 36.7. The van der Waals surface area contributed by atoms with Gasteiger partial charge in [0.1, 0.15) is 5.69 Å². The lowest BCUT2D eigenvalue weighted by atomic mass is 10.2. The largest absolute Gasteiger partial charge is 0.378 e. The Morgan fingerprint density at radius 1 is 1.26 bits per heavy atom. The van der Waals surface area contributed by atoms with Crippen molar-refractivity contribution in [2.75, 3.05) is 32.8 Å². The van der Waals surface area contributed by atoms with Gasteiger partial charge in [-0.15, -0.1) is 0 Å². The summed E-state index contributed by atoms with van der Waals surface area (Å²) in [6.07, 6.45) is 5.45. The Labute approximate surface area is 135 Å². The second-order valence-electron chi connectivity index (χ2n) is 6.02. The molecular weight excluding hydrogens is 296 g/mol. The highest BCUT2D eigenvalue weighted by Gasteiger charge is 2.34. The topological polar surface area (TPSA) is 75.6 Å². The molecular formula is C16H22N4O3. The van der Waals surface area contributed by atoms with Gasteiger partial charge in [0.2, 0.25) is 5.91 Å². The molecule has 1 aromatic rings.